The van der Waals surface area contributed by atoms with Gasteiger partial charge in [-0.2, -0.15) is 13.2 Å². The lowest BCUT2D eigenvalue weighted by Gasteiger charge is -2.13. The van der Waals surface area contributed by atoms with Crippen molar-refractivity contribution in [1.82, 2.24) is 0 Å². The maximum atomic E-state index is 12.9. The Balaban J connectivity index is 2.40. The van der Waals surface area contributed by atoms with Gasteiger partial charge in [0.05, 0.1) is 11.1 Å². The molecule has 0 aliphatic carbocycles. The van der Waals surface area contributed by atoms with Crippen molar-refractivity contribution < 1.29 is 27.8 Å². The first-order valence-electron chi connectivity index (χ1n) is 5.65. The average molecular weight is 317 g/mol. The Bertz CT molecular complexity index is 683. The number of alkyl halides is 3. The summed E-state index contributed by atoms with van der Waals surface area (Å²) in [5.41, 5.74) is -2.10. The lowest BCUT2D eigenvalue weighted by molar-refractivity contribution is -0.138. The topological polar surface area (TPSA) is 46.5 Å². The molecule has 3 nitrogen and oxygen atoms in total. The standard InChI is InChI=1S/C14H8ClF3O3/c15-8-2-1-3-9(6-8)21-10-4-5-11(13(19)20)12(7-10)14(16,17)18/h1-7H,(H,19,20). The minimum absolute atomic E-state index is 0.130. The third kappa shape index (κ3) is 3.66. The number of carboxylic acids is 1. The van der Waals surface area contributed by atoms with E-state index in [0.717, 1.165) is 12.1 Å². The third-order valence-corrected chi connectivity index (χ3v) is 2.79. The van der Waals surface area contributed by atoms with Gasteiger partial charge in [0.25, 0.3) is 0 Å². The molecule has 0 aliphatic heterocycles. The van der Waals surface area contributed by atoms with Crippen molar-refractivity contribution in [3.63, 3.8) is 0 Å². The maximum absolute atomic E-state index is 12.9. The van der Waals surface area contributed by atoms with E-state index in [1.165, 1.54) is 12.1 Å². The molecule has 2 aromatic carbocycles. The molecule has 0 radical (unpaired) electrons. The lowest BCUT2D eigenvalue weighted by Crippen LogP contribution is -2.12. The van der Waals surface area contributed by atoms with E-state index >= 15 is 0 Å². The van der Waals surface area contributed by atoms with Gasteiger partial charge in [0.2, 0.25) is 0 Å². The van der Waals surface area contributed by atoms with E-state index in [9.17, 15) is 18.0 Å². The molecule has 2 aromatic rings. The van der Waals surface area contributed by atoms with E-state index in [2.05, 4.69) is 0 Å². The molecule has 0 saturated carbocycles. The first kappa shape index (κ1) is 15.2. The predicted octanol–water partition coefficient (Wildman–Crippen LogP) is 4.85. The Morgan fingerprint density at radius 3 is 2.33 bits per heavy atom. The van der Waals surface area contributed by atoms with Crippen LogP contribution in [-0.2, 0) is 6.18 Å². The van der Waals surface area contributed by atoms with Gasteiger partial charge in [-0.05, 0) is 36.4 Å². The molecular weight excluding hydrogens is 309 g/mol. The van der Waals surface area contributed by atoms with Crippen LogP contribution in [0.3, 0.4) is 0 Å². The zero-order chi connectivity index (χ0) is 15.6. The van der Waals surface area contributed by atoms with Crippen molar-refractivity contribution in [3.05, 3.63) is 58.6 Å². The van der Waals surface area contributed by atoms with Gasteiger partial charge in [0.1, 0.15) is 11.5 Å². The van der Waals surface area contributed by atoms with Crippen molar-refractivity contribution in [2.45, 2.75) is 6.18 Å². The number of hydrogen-bond acceptors (Lipinski definition) is 2. The molecule has 0 atom stereocenters. The average Bonchev–Trinajstić information content (AvgIpc) is 2.37. The van der Waals surface area contributed by atoms with Gasteiger partial charge < -0.3 is 9.84 Å². The molecule has 0 spiro atoms. The van der Waals surface area contributed by atoms with Crippen LogP contribution in [0.4, 0.5) is 13.2 Å². The second kappa shape index (κ2) is 5.65. The van der Waals surface area contributed by atoms with Crippen LogP contribution < -0.4 is 4.74 Å². The largest absolute Gasteiger partial charge is 0.478 e. The second-order valence-corrected chi connectivity index (χ2v) is 4.51. The van der Waals surface area contributed by atoms with Crippen LogP contribution in [0.1, 0.15) is 15.9 Å². The van der Waals surface area contributed by atoms with Crippen LogP contribution in [0.15, 0.2) is 42.5 Å². The van der Waals surface area contributed by atoms with Crippen molar-refractivity contribution >= 4 is 17.6 Å². The zero-order valence-electron chi connectivity index (χ0n) is 10.3. The van der Waals surface area contributed by atoms with E-state index in [0.29, 0.717) is 11.1 Å². The van der Waals surface area contributed by atoms with E-state index < -0.39 is 23.3 Å². The van der Waals surface area contributed by atoms with E-state index in [-0.39, 0.29) is 11.5 Å². The molecule has 2 rings (SSSR count). The maximum Gasteiger partial charge on any atom is 0.417 e. The molecule has 21 heavy (non-hydrogen) atoms. The molecule has 0 aromatic heterocycles. The van der Waals surface area contributed by atoms with Crippen LogP contribution in [0.25, 0.3) is 0 Å². The van der Waals surface area contributed by atoms with Crippen molar-refractivity contribution in [1.29, 1.82) is 0 Å². The molecular formula is C14H8ClF3O3. The fourth-order valence-corrected chi connectivity index (χ4v) is 1.85. The lowest BCUT2D eigenvalue weighted by atomic mass is 10.1. The Morgan fingerprint density at radius 2 is 1.76 bits per heavy atom. The van der Waals surface area contributed by atoms with Crippen molar-refractivity contribution in [2.75, 3.05) is 0 Å². The summed E-state index contributed by atoms with van der Waals surface area (Å²) in [6.07, 6.45) is -4.79. The normalized spacial score (nSPS) is 11.2. The Labute approximate surface area is 122 Å². The van der Waals surface area contributed by atoms with Gasteiger partial charge in [-0.25, -0.2) is 4.79 Å². The molecule has 0 aliphatic rings. The summed E-state index contributed by atoms with van der Waals surface area (Å²) in [4.78, 5) is 10.8. The molecule has 0 unspecified atom stereocenters. The Kier molecular flexibility index (Phi) is 4.09. The third-order valence-electron chi connectivity index (χ3n) is 2.56. The summed E-state index contributed by atoms with van der Waals surface area (Å²) in [6, 6.07) is 8.76. The fourth-order valence-electron chi connectivity index (χ4n) is 1.67. The summed E-state index contributed by atoms with van der Waals surface area (Å²) in [5, 5.41) is 9.15. The number of halogens is 4. The summed E-state index contributed by atoms with van der Waals surface area (Å²) in [6.45, 7) is 0. The van der Waals surface area contributed by atoms with E-state index in [4.69, 9.17) is 21.4 Å². The highest BCUT2D eigenvalue weighted by molar-refractivity contribution is 6.30. The molecule has 1 N–H and O–H groups in total. The van der Waals surface area contributed by atoms with Gasteiger partial charge in [-0.15, -0.1) is 0 Å². The zero-order valence-corrected chi connectivity index (χ0v) is 11.1. The number of carboxylic acid groups (broad SMARTS) is 1. The highest BCUT2D eigenvalue weighted by Crippen LogP contribution is 2.35. The highest BCUT2D eigenvalue weighted by Gasteiger charge is 2.35. The molecule has 0 fully saturated rings. The quantitative estimate of drug-likeness (QED) is 0.880. The first-order valence-corrected chi connectivity index (χ1v) is 6.03. The Hall–Kier alpha value is -2.21. The molecule has 0 saturated heterocycles. The highest BCUT2D eigenvalue weighted by atomic mass is 35.5. The van der Waals surface area contributed by atoms with Crippen LogP contribution in [0, 0.1) is 0 Å². The van der Waals surface area contributed by atoms with Gasteiger partial charge in [0.15, 0.2) is 0 Å². The summed E-state index contributed by atoms with van der Waals surface area (Å²) < 4.78 is 43.8. The number of ether oxygens (including phenoxy) is 1. The molecule has 0 heterocycles. The van der Waals surface area contributed by atoms with Gasteiger partial charge in [0, 0.05) is 5.02 Å². The first-order chi connectivity index (χ1) is 9.77. The van der Waals surface area contributed by atoms with Crippen LogP contribution in [0.5, 0.6) is 11.5 Å². The Morgan fingerprint density at radius 1 is 1.10 bits per heavy atom. The smallest absolute Gasteiger partial charge is 0.417 e. The second-order valence-electron chi connectivity index (χ2n) is 4.07. The van der Waals surface area contributed by atoms with E-state index in [1.807, 2.05) is 0 Å². The number of carbonyl (C=O) groups is 1. The van der Waals surface area contributed by atoms with Gasteiger partial charge in [-0.1, -0.05) is 17.7 Å². The van der Waals surface area contributed by atoms with Gasteiger partial charge in [-0.3, -0.25) is 0 Å². The number of aromatic carboxylic acids is 1. The predicted molar refractivity (Wildman–Crippen MR) is 69.9 cm³/mol. The van der Waals surface area contributed by atoms with E-state index in [1.54, 1.807) is 12.1 Å². The summed E-state index contributed by atoms with van der Waals surface area (Å²) in [7, 11) is 0. The van der Waals surface area contributed by atoms with Crippen LogP contribution in [0.2, 0.25) is 5.02 Å². The van der Waals surface area contributed by atoms with Crippen LogP contribution in [-0.4, -0.2) is 11.1 Å². The van der Waals surface area contributed by atoms with Crippen molar-refractivity contribution in [3.8, 4) is 11.5 Å². The summed E-state index contributed by atoms with van der Waals surface area (Å²) >= 11 is 5.74. The molecule has 7 heteroatoms. The monoisotopic (exact) mass is 316 g/mol. The molecule has 110 valence electrons. The number of hydrogen-bond donors (Lipinski definition) is 1. The van der Waals surface area contributed by atoms with Crippen LogP contribution >= 0.6 is 11.6 Å². The number of rotatable bonds is 3. The summed E-state index contributed by atoms with van der Waals surface area (Å²) in [5.74, 6) is -1.54. The van der Waals surface area contributed by atoms with Crippen molar-refractivity contribution in [2.24, 2.45) is 0 Å². The minimum atomic E-state index is -4.79. The fraction of sp³-hybridized carbons (Fsp3) is 0.0714. The number of benzene rings is 2. The molecule has 0 bridgehead atoms. The SMILES string of the molecule is O=C(O)c1ccc(Oc2cccc(Cl)c2)cc1C(F)(F)F. The minimum Gasteiger partial charge on any atom is -0.478 e. The van der Waals surface area contributed by atoms with Gasteiger partial charge >= 0.3 is 12.1 Å². The molecule has 0 amide bonds.